The Hall–Kier alpha value is -1.26. The molecule has 0 bridgehead atoms. The summed E-state index contributed by atoms with van der Waals surface area (Å²) in [6, 6.07) is 5.27. The van der Waals surface area contributed by atoms with Crippen LogP contribution in [0.2, 0.25) is 5.02 Å². The second-order valence-electron chi connectivity index (χ2n) is 4.96. The fourth-order valence-electron chi connectivity index (χ4n) is 1.23. The lowest BCUT2D eigenvalue weighted by Crippen LogP contribution is -2.46. The first-order valence-corrected chi connectivity index (χ1v) is 6.10. The molecule has 1 amide bonds. The molecule has 0 saturated heterocycles. The zero-order valence-electron chi connectivity index (χ0n) is 10.9. The van der Waals surface area contributed by atoms with Gasteiger partial charge in [-0.1, -0.05) is 11.6 Å². The number of halogens is 1. The van der Waals surface area contributed by atoms with Crippen molar-refractivity contribution in [3.05, 3.63) is 28.8 Å². The van der Waals surface area contributed by atoms with Crippen molar-refractivity contribution in [3.63, 3.8) is 0 Å². The summed E-state index contributed by atoms with van der Waals surface area (Å²) in [6.07, 6.45) is 0. The molecule has 0 fully saturated rings. The van der Waals surface area contributed by atoms with Gasteiger partial charge < -0.3 is 15.8 Å². The average Bonchev–Trinajstić information content (AvgIpc) is 2.27. The number of hydrogen-bond acceptors (Lipinski definition) is 3. The molecule has 3 N–H and O–H groups in total. The van der Waals surface area contributed by atoms with E-state index < -0.39 is 5.54 Å². The maximum atomic E-state index is 11.5. The van der Waals surface area contributed by atoms with E-state index in [-0.39, 0.29) is 12.5 Å². The highest BCUT2D eigenvalue weighted by atomic mass is 35.5. The second-order valence-corrected chi connectivity index (χ2v) is 5.37. The van der Waals surface area contributed by atoms with E-state index in [0.29, 0.717) is 17.3 Å². The number of carbonyl (C=O) groups excluding carboxylic acids is 1. The standard InChI is InChI=1S/C13H19ClN2O2/c1-9-6-10(4-5-11(9)14)18-7-12(17)16-8-13(2,3)15/h4-6H,7-8,15H2,1-3H3,(H,16,17). The summed E-state index contributed by atoms with van der Waals surface area (Å²) in [5.74, 6) is 0.431. The molecule has 0 radical (unpaired) electrons. The van der Waals surface area contributed by atoms with E-state index in [2.05, 4.69) is 5.32 Å². The minimum atomic E-state index is -0.424. The molecule has 1 aromatic carbocycles. The summed E-state index contributed by atoms with van der Waals surface area (Å²) in [5, 5.41) is 3.38. The molecule has 18 heavy (non-hydrogen) atoms. The van der Waals surface area contributed by atoms with Crippen LogP contribution in [-0.2, 0) is 4.79 Å². The molecule has 5 heteroatoms. The molecule has 0 aromatic heterocycles. The van der Waals surface area contributed by atoms with Gasteiger partial charge in [0.05, 0.1) is 0 Å². The molecule has 0 unspecified atom stereocenters. The second kappa shape index (κ2) is 6.07. The predicted octanol–water partition coefficient (Wildman–Crippen LogP) is 1.88. The van der Waals surface area contributed by atoms with Crippen LogP contribution in [0.3, 0.4) is 0 Å². The number of ether oxygens (including phenoxy) is 1. The number of hydrogen-bond donors (Lipinski definition) is 2. The molecule has 0 heterocycles. The van der Waals surface area contributed by atoms with Gasteiger partial charge in [-0.3, -0.25) is 4.79 Å². The molecular formula is C13H19ClN2O2. The van der Waals surface area contributed by atoms with Crippen LogP contribution in [0, 0.1) is 6.92 Å². The SMILES string of the molecule is Cc1cc(OCC(=O)NCC(C)(C)N)ccc1Cl. The van der Waals surface area contributed by atoms with Crippen molar-refractivity contribution >= 4 is 17.5 Å². The molecule has 1 aromatic rings. The van der Waals surface area contributed by atoms with E-state index in [4.69, 9.17) is 22.1 Å². The maximum absolute atomic E-state index is 11.5. The molecule has 1 rings (SSSR count). The van der Waals surface area contributed by atoms with Gasteiger partial charge in [-0.25, -0.2) is 0 Å². The lowest BCUT2D eigenvalue weighted by Gasteiger charge is -2.18. The van der Waals surface area contributed by atoms with Crippen molar-refractivity contribution in [3.8, 4) is 5.75 Å². The van der Waals surface area contributed by atoms with E-state index >= 15 is 0 Å². The summed E-state index contributed by atoms with van der Waals surface area (Å²) in [6.45, 7) is 5.95. The van der Waals surface area contributed by atoms with E-state index in [1.165, 1.54) is 0 Å². The number of carbonyl (C=O) groups is 1. The largest absolute Gasteiger partial charge is 0.484 e. The molecule has 0 aliphatic carbocycles. The first-order chi connectivity index (χ1) is 8.28. The van der Waals surface area contributed by atoms with Crippen molar-refractivity contribution in [2.24, 2.45) is 5.73 Å². The average molecular weight is 271 g/mol. The van der Waals surface area contributed by atoms with Gasteiger partial charge in [0.15, 0.2) is 6.61 Å². The third kappa shape index (κ3) is 5.38. The third-order valence-corrected chi connectivity index (χ3v) is 2.66. The summed E-state index contributed by atoms with van der Waals surface area (Å²) < 4.78 is 5.36. The Labute approximate surface area is 112 Å². The monoisotopic (exact) mass is 270 g/mol. The molecule has 0 atom stereocenters. The number of benzene rings is 1. The Morgan fingerprint density at radius 3 is 2.72 bits per heavy atom. The van der Waals surface area contributed by atoms with Crippen LogP contribution in [0.1, 0.15) is 19.4 Å². The third-order valence-electron chi connectivity index (χ3n) is 2.24. The Morgan fingerprint density at radius 2 is 2.17 bits per heavy atom. The van der Waals surface area contributed by atoms with Crippen molar-refractivity contribution < 1.29 is 9.53 Å². The zero-order valence-corrected chi connectivity index (χ0v) is 11.7. The maximum Gasteiger partial charge on any atom is 0.258 e. The number of rotatable bonds is 5. The Bertz CT molecular complexity index is 427. The molecule has 100 valence electrons. The lowest BCUT2D eigenvalue weighted by atomic mass is 10.1. The Kier molecular flexibility index (Phi) is 4.99. The number of nitrogens with two attached hydrogens (primary N) is 1. The van der Waals surface area contributed by atoms with Gasteiger partial charge in [-0.05, 0) is 44.5 Å². The van der Waals surface area contributed by atoms with Crippen LogP contribution in [0.15, 0.2) is 18.2 Å². The Morgan fingerprint density at radius 1 is 1.50 bits per heavy atom. The van der Waals surface area contributed by atoms with E-state index in [1.807, 2.05) is 20.8 Å². The predicted molar refractivity (Wildman–Crippen MR) is 73.0 cm³/mol. The molecule has 4 nitrogen and oxygen atoms in total. The quantitative estimate of drug-likeness (QED) is 0.859. The van der Waals surface area contributed by atoms with E-state index in [9.17, 15) is 4.79 Å². The molecule has 0 aliphatic rings. The number of amides is 1. The van der Waals surface area contributed by atoms with Gasteiger partial charge in [-0.15, -0.1) is 0 Å². The first-order valence-electron chi connectivity index (χ1n) is 5.72. The lowest BCUT2D eigenvalue weighted by molar-refractivity contribution is -0.123. The van der Waals surface area contributed by atoms with Crippen molar-refractivity contribution in [2.75, 3.05) is 13.2 Å². The normalized spacial score (nSPS) is 11.2. The summed E-state index contributed by atoms with van der Waals surface area (Å²) in [4.78, 5) is 11.5. The number of aryl methyl sites for hydroxylation is 1. The molecular weight excluding hydrogens is 252 g/mol. The van der Waals surface area contributed by atoms with Gasteiger partial charge in [0.1, 0.15) is 5.75 Å². The van der Waals surface area contributed by atoms with E-state index in [1.54, 1.807) is 18.2 Å². The molecule has 0 spiro atoms. The first kappa shape index (κ1) is 14.8. The Balaban J connectivity index is 2.40. The summed E-state index contributed by atoms with van der Waals surface area (Å²) in [5.41, 5.74) is 6.25. The van der Waals surface area contributed by atoms with Crippen molar-refractivity contribution in [2.45, 2.75) is 26.3 Å². The fourth-order valence-corrected chi connectivity index (χ4v) is 1.35. The van der Waals surface area contributed by atoms with Crippen LogP contribution in [-0.4, -0.2) is 24.6 Å². The van der Waals surface area contributed by atoms with Crippen LogP contribution < -0.4 is 15.8 Å². The summed E-state index contributed by atoms with van der Waals surface area (Å²) >= 11 is 5.89. The minimum Gasteiger partial charge on any atom is -0.484 e. The minimum absolute atomic E-state index is 0.0306. The highest BCUT2D eigenvalue weighted by Crippen LogP contribution is 2.20. The van der Waals surface area contributed by atoms with Gasteiger partial charge in [0.2, 0.25) is 0 Å². The van der Waals surface area contributed by atoms with Crippen LogP contribution >= 0.6 is 11.6 Å². The highest BCUT2D eigenvalue weighted by molar-refractivity contribution is 6.31. The van der Waals surface area contributed by atoms with Gasteiger partial charge in [0.25, 0.3) is 5.91 Å². The van der Waals surface area contributed by atoms with Gasteiger partial charge in [0, 0.05) is 17.1 Å². The smallest absolute Gasteiger partial charge is 0.258 e. The van der Waals surface area contributed by atoms with Crippen LogP contribution in [0.4, 0.5) is 0 Å². The topological polar surface area (TPSA) is 64.3 Å². The molecule has 0 aliphatic heterocycles. The van der Waals surface area contributed by atoms with Gasteiger partial charge >= 0.3 is 0 Å². The van der Waals surface area contributed by atoms with Crippen LogP contribution in [0.5, 0.6) is 5.75 Å². The number of nitrogens with one attached hydrogen (secondary N) is 1. The van der Waals surface area contributed by atoms with E-state index in [0.717, 1.165) is 5.56 Å². The fraction of sp³-hybridized carbons (Fsp3) is 0.462. The summed E-state index contributed by atoms with van der Waals surface area (Å²) in [7, 11) is 0. The van der Waals surface area contributed by atoms with Crippen LogP contribution in [0.25, 0.3) is 0 Å². The zero-order chi connectivity index (χ0) is 13.8. The van der Waals surface area contributed by atoms with Crippen molar-refractivity contribution in [1.82, 2.24) is 5.32 Å². The van der Waals surface area contributed by atoms with Gasteiger partial charge in [-0.2, -0.15) is 0 Å². The molecule has 0 saturated carbocycles. The highest BCUT2D eigenvalue weighted by Gasteiger charge is 2.12. The van der Waals surface area contributed by atoms with Crippen molar-refractivity contribution in [1.29, 1.82) is 0 Å².